The zero-order valence-corrected chi connectivity index (χ0v) is 12.1. The number of aromatic amines is 2. The van der Waals surface area contributed by atoms with Crippen LogP contribution in [0.25, 0.3) is 0 Å². The monoisotopic (exact) mass is 309 g/mol. The Bertz CT molecular complexity index is 769. The Labute approximate surface area is 123 Å². The average Bonchev–Trinajstić information content (AvgIpc) is 2.87. The van der Waals surface area contributed by atoms with Crippen LogP contribution in [0.4, 0.5) is 0 Å². The lowest BCUT2D eigenvalue weighted by Gasteiger charge is -2.04. The Morgan fingerprint density at radius 3 is 2.95 bits per heavy atom. The molecule has 0 radical (unpaired) electrons. The Morgan fingerprint density at radius 2 is 2.15 bits per heavy atom. The zero-order chi connectivity index (χ0) is 14.1. The maximum Gasteiger partial charge on any atom is 0.254 e. The lowest BCUT2D eigenvalue weighted by molar-refractivity contribution is 0.869. The van der Waals surface area contributed by atoms with Crippen LogP contribution in [-0.4, -0.2) is 15.0 Å². The number of pyridine rings is 1. The van der Waals surface area contributed by atoms with E-state index in [4.69, 9.17) is 11.6 Å². The van der Waals surface area contributed by atoms with Gasteiger partial charge in [0.15, 0.2) is 5.16 Å². The van der Waals surface area contributed by atoms with Gasteiger partial charge in [0.1, 0.15) is 0 Å². The summed E-state index contributed by atoms with van der Waals surface area (Å²) in [6.07, 6.45) is 4.13. The molecule has 2 heterocycles. The highest BCUT2D eigenvalue weighted by atomic mass is 35.5. The molecule has 7 heteroatoms. The molecule has 0 spiro atoms. The molecule has 5 nitrogen and oxygen atoms in total. The Morgan fingerprint density at radius 1 is 1.30 bits per heavy atom. The zero-order valence-electron chi connectivity index (χ0n) is 10.5. The molecule has 0 fully saturated rings. The summed E-state index contributed by atoms with van der Waals surface area (Å²) in [5.74, 6) is 0.372. The second kappa shape index (κ2) is 5.46. The van der Waals surface area contributed by atoms with Gasteiger partial charge in [-0.15, -0.1) is 0 Å². The summed E-state index contributed by atoms with van der Waals surface area (Å²) in [7, 11) is 0. The van der Waals surface area contributed by atoms with Gasteiger partial charge in [-0.1, -0.05) is 23.4 Å². The summed E-state index contributed by atoms with van der Waals surface area (Å²) >= 11 is 7.31. The van der Waals surface area contributed by atoms with Crippen LogP contribution in [0.3, 0.4) is 0 Å². The first-order chi connectivity index (χ1) is 9.65. The minimum atomic E-state index is -0.214. The molecule has 0 saturated carbocycles. The number of aryl methyl sites for hydroxylation is 1. The molecule has 0 aromatic carbocycles. The van der Waals surface area contributed by atoms with Crippen molar-refractivity contribution in [3.8, 4) is 0 Å². The SMILES string of the molecule is O=c1[nH]ccc(Cl)c1CSc1nc2c(c(=O)[nH]1)CCC2. The fraction of sp³-hybridized carbons (Fsp3) is 0.308. The third kappa shape index (κ3) is 2.53. The van der Waals surface area contributed by atoms with Crippen molar-refractivity contribution in [2.45, 2.75) is 30.2 Å². The van der Waals surface area contributed by atoms with Crippen LogP contribution in [0.15, 0.2) is 27.0 Å². The second-order valence-electron chi connectivity index (χ2n) is 4.57. The van der Waals surface area contributed by atoms with E-state index in [0.29, 0.717) is 21.5 Å². The van der Waals surface area contributed by atoms with Gasteiger partial charge in [0, 0.05) is 23.1 Å². The van der Waals surface area contributed by atoms with Crippen LogP contribution in [0.1, 0.15) is 23.2 Å². The van der Waals surface area contributed by atoms with Crippen molar-refractivity contribution < 1.29 is 0 Å². The second-order valence-corrected chi connectivity index (χ2v) is 5.94. The molecule has 0 saturated heterocycles. The molecule has 1 aliphatic rings. The fourth-order valence-corrected chi connectivity index (χ4v) is 3.45. The van der Waals surface area contributed by atoms with Gasteiger partial charge < -0.3 is 9.97 Å². The largest absolute Gasteiger partial charge is 0.329 e. The summed E-state index contributed by atoms with van der Waals surface area (Å²) in [5, 5.41) is 0.958. The first kappa shape index (κ1) is 13.5. The van der Waals surface area contributed by atoms with Crippen LogP contribution in [0, 0.1) is 0 Å². The van der Waals surface area contributed by atoms with Crippen LogP contribution in [-0.2, 0) is 18.6 Å². The van der Waals surface area contributed by atoms with E-state index in [-0.39, 0.29) is 11.1 Å². The molecule has 0 aliphatic heterocycles. The first-order valence-electron chi connectivity index (χ1n) is 6.26. The molecule has 0 amide bonds. The maximum atomic E-state index is 11.9. The molecular weight excluding hydrogens is 298 g/mol. The van der Waals surface area contributed by atoms with Crippen molar-refractivity contribution in [3.63, 3.8) is 0 Å². The van der Waals surface area contributed by atoms with Gasteiger partial charge in [-0.25, -0.2) is 4.98 Å². The molecule has 2 N–H and O–H groups in total. The quantitative estimate of drug-likeness (QED) is 0.670. The minimum absolute atomic E-state index is 0.0666. The minimum Gasteiger partial charge on any atom is -0.329 e. The van der Waals surface area contributed by atoms with E-state index in [1.54, 1.807) is 6.07 Å². The normalized spacial score (nSPS) is 13.4. The number of thioether (sulfide) groups is 1. The molecule has 0 bridgehead atoms. The Hall–Kier alpha value is -1.53. The standard InChI is InChI=1S/C13H12ClN3O2S/c14-9-4-5-15-11(18)8(9)6-20-13-16-10-3-1-2-7(10)12(19)17-13/h4-5H,1-3,6H2,(H,15,18)(H,16,17,19). The number of rotatable bonds is 3. The molecule has 0 atom stereocenters. The van der Waals surface area contributed by atoms with Crippen molar-refractivity contribution in [2.24, 2.45) is 0 Å². The summed E-state index contributed by atoms with van der Waals surface area (Å²) in [4.78, 5) is 33.3. The van der Waals surface area contributed by atoms with E-state index in [2.05, 4.69) is 15.0 Å². The summed E-state index contributed by atoms with van der Waals surface area (Å²) in [5.41, 5.74) is 1.88. The molecule has 2 aromatic rings. The van der Waals surface area contributed by atoms with Crippen LogP contribution >= 0.6 is 23.4 Å². The van der Waals surface area contributed by atoms with E-state index >= 15 is 0 Å². The van der Waals surface area contributed by atoms with Gasteiger partial charge in [-0.05, 0) is 25.3 Å². The topological polar surface area (TPSA) is 78.6 Å². The van der Waals surface area contributed by atoms with Gasteiger partial charge in [0.05, 0.1) is 10.7 Å². The molecule has 2 aromatic heterocycles. The highest BCUT2D eigenvalue weighted by Crippen LogP contribution is 2.23. The highest BCUT2D eigenvalue weighted by molar-refractivity contribution is 7.98. The Kier molecular flexibility index (Phi) is 3.67. The van der Waals surface area contributed by atoms with E-state index in [1.165, 1.54) is 18.0 Å². The number of hydrogen-bond acceptors (Lipinski definition) is 4. The third-order valence-electron chi connectivity index (χ3n) is 3.28. The van der Waals surface area contributed by atoms with Gasteiger partial charge in [-0.2, -0.15) is 0 Å². The number of hydrogen-bond donors (Lipinski definition) is 2. The predicted octanol–water partition coefficient (Wildman–Crippen LogP) is 1.89. The molecule has 0 unspecified atom stereocenters. The highest BCUT2D eigenvalue weighted by Gasteiger charge is 2.17. The first-order valence-corrected chi connectivity index (χ1v) is 7.62. The van der Waals surface area contributed by atoms with Crippen LogP contribution in [0.2, 0.25) is 5.02 Å². The number of nitrogens with one attached hydrogen (secondary N) is 2. The van der Waals surface area contributed by atoms with Crippen molar-refractivity contribution in [3.05, 3.63) is 54.8 Å². The van der Waals surface area contributed by atoms with E-state index in [9.17, 15) is 9.59 Å². The molecule has 104 valence electrons. The molecule has 20 heavy (non-hydrogen) atoms. The van der Waals surface area contributed by atoms with Gasteiger partial charge in [0.2, 0.25) is 0 Å². The van der Waals surface area contributed by atoms with E-state index < -0.39 is 0 Å². The van der Waals surface area contributed by atoms with E-state index in [1.807, 2.05) is 0 Å². The average molecular weight is 310 g/mol. The fourth-order valence-electron chi connectivity index (χ4n) is 2.25. The molecule has 1 aliphatic carbocycles. The summed E-state index contributed by atoms with van der Waals surface area (Å²) in [6, 6.07) is 1.64. The number of nitrogens with zero attached hydrogens (tertiary/aromatic N) is 1. The van der Waals surface area contributed by atoms with Crippen molar-refractivity contribution in [1.29, 1.82) is 0 Å². The van der Waals surface area contributed by atoms with E-state index in [0.717, 1.165) is 30.5 Å². The number of aromatic nitrogens is 3. The lowest BCUT2D eigenvalue weighted by atomic mass is 10.3. The number of H-pyrrole nitrogens is 2. The van der Waals surface area contributed by atoms with Crippen molar-refractivity contribution in [2.75, 3.05) is 0 Å². The van der Waals surface area contributed by atoms with Crippen molar-refractivity contribution >= 4 is 23.4 Å². The number of fused-ring (bicyclic) bond motifs is 1. The molecule has 3 rings (SSSR count). The van der Waals surface area contributed by atoms with Crippen LogP contribution in [0.5, 0.6) is 0 Å². The van der Waals surface area contributed by atoms with Gasteiger partial charge >= 0.3 is 0 Å². The summed E-state index contributed by atoms with van der Waals surface area (Å²) < 4.78 is 0. The summed E-state index contributed by atoms with van der Waals surface area (Å²) in [6.45, 7) is 0. The third-order valence-corrected chi connectivity index (χ3v) is 4.53. The molecular formula is C13H12ClN3O2S. The van der Waals surface area contributed by atoms with Crippen molar-refractivity contribution in [1.82, 2.24) is 15.0 Å². The van der Waals surface area contributed by atoms with Crippen LogP contribution < -0.4 is 11.1 Å². The van der Waals surface area contributed by atoms with Gasteiger partial charge in [-0.3, -0.25) is 9.59 Å². The predicted molar refractivity (Wildman–Crippen MR) is 78.5 cm³/mol. The van der Waals surface area contributed by atoms with Gasteiger partial charge in [0.25, 0.3) is 11.1 Å². The maximum absolute atomic E-state index is 11.9. The lowest BCUT2D eigenvalue weighted by Crippen LogP contribution is -2.15. The smallest absolute Gasteiger partial charge is 0.254 e. The Balaban J connectivity index is 1.85. The number of halogens is 1.